The molecule has 0 radical (unpaired) electrons. The van der Waals surface area contributed by atoms with Crippen molar-refractivity contribution < 1.29 is 13.2 Å². The first-order chi connectivity index (χ1) is 8.22. The van der Waals surface area contributed by atoms with Gasteiger partial charge in [0.25, 0.3) is 0 Å². The number of carbonyl (C=O) groups excluding carboxylic acids is 1. The summed E-state index contributed by atoms with van der Waals surface area (Å²) in [5, 5.41) is 6.46. The van der Waals surface area contributed by atoms with Crippen LogP contribution in [0.1, 0.15) is 13.8 Å². The lowest BCUT2D eigenvalue weighted by Gasteiger charge is -2.23. The van der Waals surface area contributed by atoms with Crippen LogP contribution in [0.3, 0.4) is 0 Å². The topological polar surface area (TPSA) is 93.1 Å². The van der Waals surface area contributed by atoms with Gasteiger partial charge < -0.3 is 5.32 Å². The molecule has 1 unspecified atom stereocenters. The molecule has 1 amide bonds. The van der Waals surface area contributed by atoms with Crippen LogP contribution in [-0.2, 0) is 21.9 Å². The third kappa shape index (κ3) is 2.25. The predicted molar refractivity (Wildman–Crippen MR) is 64.1 cm³/mol. The van der Waals surface area contributed by atoms with Crippen molar-refractivity contribution >= 4 is 15.9 Å². The normalized spacial score (nSPS) is 23.1. The SMILES string of the molecule is Cn1cc(S(=O)(=O)NC2C(=O)NCC2(C)C)cn1. The first-order valence-electron chi connectivity index (χ1n) is 5.51. The standard InChI is InChI=1S/C10H16N4O3S/c1-10(2)6-11-9(15)8(10)13-18(16,17)7-4-12-14(3)5-7/h4-5,8,13H,6H2,1-3H3,(H,11,15). The first-order valence-corrected chi connectivity index (χ1v) is 6.99. The molecule has 8 heteroatoms. The molecule has 0 aliphatic carbocycles. The zero-order chi connectivity index (χ0) is 13.6. The van der Waals surface area contributed by atoms with Crippen molar-refractivity contribution in [1.82, 2.24) is 19.8 Å². The summed E-state index contributed by atoms with van der Waals surface area (Å²) >= 11 is 0. The minimum absolute atomic E-state index is 0.0560. The molecular weight excluding hydrogens is 256 g/mol. The molecule has 1 aliphatic rings. The van der Waals surface area contributed by atoms with E-state index < -0.39 is 21.5 Å². The Kier molecular flexibility index (Phi) is 2.94. The number of rotatable bonds is 3. The first kappa shape index (κ1) is 13.0. The maximum Gasteiger partial charge on any atom is 0.244 e. The average molecular weight is 272 g/mol. The van der Waals surface area contributed by atoms with Crippen LogP contribution < -0.4 is 10.0 Å². The number of amides is 1. The Hall–Kier alpha value is -1.41. The van der Waals surface area contributed by atoms with Crippen molar-refractivity contribution in [1.29, 1.82) is 0 Å². The highest BCUT2D eigenvalue weighted by molar-refractivity contribution is 7.89. The van der Waals surface area contributed by atoms with Crippen molar-refractivity contribution in [2.24, 2.45) is 12.5 Å². The highest BCUT2D eigenvalue weighted by atomic mass is 32.2. The van der Waals surface area contributed by atoms with Crippen LogP contribution in [0.5, 0.6) is 0 Å². The van der Waals surface area contributed by atoms with Crippen LogP contribution in [0.15, 0.2) is 17.3 Å². The van der Waals surface area contributed by atoms with Crippen LogP contribution >= 0.6 is 0 Å². The van der Waals surface area contributed by atoms with E-state index in [0.717, 1.165) is 0 Å². The number of carbonyl (C=O) groups is 1. The van der Waals surface area contributed by atoms with Crippen molar-refractivity contribution in [2.45, 2.75) is 24.8 Å². The summed E-state index contributed by atoms with van der Waals surface area (Å²) in [4.78, 5) is 11.7. The molecule has 0 aromatic carbocycles. The molecule has 1 aromatic rings. The zero-order valence-electron chi connectivity index (χ0n) is 10.5. The minimum Gasteiger partial charge on any atom is -0.354 e. The molecule has 100 valence electrons. The van der Waals surface area contributed by atoms with Crippen molar-refractivity contribution in [3.05, 3.63) is 12.4 Å². The lowest BCUT2D eigenvalue weighted by molar-refractivity contribution is -0.121. The van der Waals surface area contributed by atoms with E-state index in [1.165, 1.54) is 17.1 Å². The molecule has 1 saturated heterocycles. The Labute approximate surface area is 106 Å². The zero-order valence-corrected chi connectivity index (χ0v) is 11.3. The molecule has 1 aliphatic heterocycles. The van der Waals surface area contributed by atoms with E-state index in [9.17, 15) is 13.2 Å². The Balaban J connectivity index is 2.26. The summed E-state index contributed by atoms with van der Waals surface area (Å²) in [6.45, 7) is 4.12. The fourth-order valence-electron chi connectivity index (χ4n) is 1.85. The van der Waals surface area contributed by atoms with Gasteiger partial charge in [-0.05, 0) is 0 Å². The van der Waals surface area contributed by atoms with Crippen molar-refractivity contribution in [3.8, 4) is 0 Å². The van der Waals surface area contributed by atoms with Gasteiger partial charge in [-0.3, -0.25) is 9.48 Å². The number of aryl methyl sites for hydroxylation is 1. The number of nitrogens with one attached hydrogen (secondary N) is 2. The van der Waals surface area contributed by atoms with Gasteiger partial charge in [0.1, 0.15) is 10.9 Å². The Morgan fingerprint density at radius 1 is 1.56 bits per heavy atom. The van der Waals surface area contributed by atoms with E-state index in [-0.39, 0.29) is 10.8 Å². The fourth-order valence-corrected chi connectivity index (χ4v) is 3.20. The van der Waals surface area contributed by atoms with Crippen LogP contribution in [0, 0.1) is 5.41 Å². The number of hydrogen-bond donors (Lipinski definition) is 2. The fraction of sp³-hybridized carbons (Fsp3) is 0.600. The molecule has 1 aromatic heterocycles. The summed E-state index contributed by atoms with van der Waals surface area (Å²) < 4.78 is 28.0. The molecule has 1 fully saturated rings. The Morgan fingerprint density at radius 3 is 2.67 bits per heavy atom. The van der Waals surface area contributed by atoms with Gasteiger partial charge in [0.15, 0.2) is 0 Å². The molecule has 2 N–H and O–H groups in total. The smallest absolute Gasteiger partial charge is 0.244 e. The summed E-state index contributed by atoms with van der Waals surface area (Å²) in [6.07, 6.45) is 2.64. The van der Waals surface area contributed by atoms with Gasteiger partial charge in [0, 0.05) is 25.2 Å². The molecule has 7 nitrogen and oxygen atoms in total. The number of hydrogen-bond acceptors (Lipinski definition) is 4. The summed E-state index contributed by atoms with van der Waals surface area (Å²) in [5.74, 6) is -0.299. The molecule has 0 bridgehead atoms. The number of aromatic nitrogens is 2. The van der Waals surface area contributed by atoms with Gasteiger partial charge >= 0.3 is 0 Å². The van der Waals surface area contributed by atoms with Gasteiger partial charge in [-0.1, -0.05) is 13.8 Å². The van der Waals surface area contributed by atoms with E-state index in [0.29, 0.717) is 6.54 Å². The van der Waals surface area contributed by atoms with E-state index >= 15 is 0 Å². The van der Waals surface area contributed by atoms with Crippen molar-refractivity contribution in [2.75, 3.05) is 6.54 Å². The molecule has 0 spiro atoms. The van der Waals surface area contributed by atoms with Crippen LogP contribution in [0.4, 0.5) is 0 Å². The summed E-state index contributed by atoms with van der Waals surface area (Å²) in [6, 6.07) is -0.761. The lowest BCUT2D eigenvalue weighted by atomic mass is 9.88. The van der Waals surface area contributed by atoms with E-state index in [2.05, 4.69) is 15.1 Å². The highest BCUT2D eigenvalue weighted by Crippen LogP contribution is 2.26. The maximum atomic E-state index is 12.1. The summed E-state index contributed by atoms with van der Waals surface area (Å²) in [7, 11) is -2.09. The van der Waals surface area contributed by atoms with Crippen molar-refractivity contribution in [3.63, 3.8) is 0 Å². The van der Waals surface area contributed by atoms with E-state index in [1.807, 2.05) is 13.8 Å². The van der Waals surface area contributed by atoms with Gasteiger partial charge in [-0.15, -0.1) is 0 Å². The van der Waals surface area contributed by atoms with Gasteiger partial charge in [-0.25, -0.2) is 8.42 Å². The highest BCUT2D eigenvalue weighted by Gasteiger charge is 2.43. The average Bonchev–Trinajstić information content (AvgIpc) is 2.78. The summed E-state index contributed by atoms with van der Waals surface area (Å²) in [5.41, 5.74) is -0.452. The Bertz CT molecular complexity index is 576. The molecule has 0 saturated carbocycles. The number of nitrogens with zero attached hydrogens (tertiary/aromatic N) is 2. The predicted octanol–water partition coefficient (Wildman–Crippen LogP) is -0.777. The second-order valence-corrected chi connectivity index (χ2v) is 6.82. The molecule has 18 heavy (non-hydrogen) atoms. The monoisotopic (exact) mass is 272 g/mol. The molecule has 2 heterocycles. The molecule has 2 rings (SSSR count). The largest absolute Gasteiger partial charge is 0.354 e. The van der Waals surface area contributed by atoms with Gasteiger partial charge in [0.2, 0.25) is 15.9 Å². The van der Waals surface area contributed by atoms with Crippen LogP contribution in [-0.4, -0.2) is 36.7 Å². The lowest BCUT2D eigenvalue weighted by Crippen LogP contribution is -2.46. The number of sulfonamides is 1. The molecular formula is C10H16N4O3S. The third-order valence-corrected chi connectivity index (χ3v) is 4.40. The van der Waals surface area contributed by atoms with Crippen LogP contribution in [0.2, 0.25) is 0 Å². The van der Waals surface area contributed by atoms with Gasteiger partial charge in [0.05, 0.1) is 6.20 Å². The van der Waals surface area contributed by atoms with Gasteiger partial charge in [-0.2, -0.15) is 9.82 Å². The molecule has 1 atom stereocenters. The van der Waals surface area contributed by atoms with Crippen LogP contribution in [0.25, 0.3) is 0 Å². The van der Waals surface area contributed by atoms with E-state index in [4.69, 9.17) is 0 Å². The van der Waals surface area contributed by atoms with E-state index in [1.54, 1.807) is 7.05 Å². The second kappa shape index (κ2) is 4.06. The second-order valence-electron chi connectivity index (χ2n) is 5.11. The quantitative estimate of drug-likeness (QED) is 0.755. The third-order valence-electron chi connectivity index (χ3n) is 3.03. The Morgan fingerprint density at radius 2 is 2.22 bits per heavy atom. The maximum absolute atomic E-state index is 12.1. The minimum atomic E-state index is -3.72.